The Morgan fingerprint density at radius 1 is 0.806 bits per heavy atom. The molecule has 0 spiro atoms. The molecule has 2 aromatic carbocycles. The van der Waals surface area contributed by atoms with Gasteiger partial charge in [0.15, 0.2) is 0 Å². The Morgan fingerprint density at radius 2 is 1.39 bits per heavy atom. The van der Waals surface area contributed by atoms with Crippen LogP contribution in [-0.4, -0.2) is 153 Å². The van der Waals surface area contributed by atoms with Gasteiger partial charge in [-0.2, -0.15) is 0 Å². The van der Waals surface area contributed by atoms with Crippen LogP contribution in [0.5, 0.6) is 11.5 Å². The zero-order valence-corrected chi connectivity index (χ0v) is 44.4. The maximum atomic E-state index is 14.5. The van der Waals surface area contributed by atoms with E-state index in [1.165, 1.54) is 50.6 Å². The van der Waals surface area contributed by atoms with Crippen LogP contribution in [0.3, 0.4) is 0 Å². The lowest BCUT2D eigenvalue weighted by Crippen LogP contribution is -2.59. The van der Waals surface area contributed by atoms with E-state index in [2.05, 4.69) is 15.4 Å². The lowest BCUT2D eigenvalue weighted by Gasteiger charge is -2.41. The lowest BCUT2D eigenvalue weighted by molar-refractivity contribution is -0.384. The third-order valence-electron chi connectivity index (χ3n) is 13.6. The Labute approximate surface area is 423 Å². The molecule has 3 N–H and O–H groups in total. The number of methoxy groups -OCH3 is 2. The Balaban J connectivity index is 1.49. The molecule has 1 aliphatic heterocycles. The van der Waals surface area contributed by atoms with Gasteiger partial charge in [-0.15, -0.1) is 0 Å². The molecule has 9 atom stereocenters. The molecule has 2 aliphatic rings. The molecule has 72 heavy (non-hydrogen) atoms. The quantitative estimate of drug-likeness (QED) is 0.0509. The first kappa shape index (κ1) is 58.9. The number of nitrogens with zero attached hydrogens (tertiary/aromatic N) is 4. The van der Waals surface area contributed by atoms with Gasteiger partial charge >= 0.3 is 6.16 Å². The number of likely N-dealkylation sites (N-methyl/N-ethyl adjacent to an activating group) is 2. The van der Waals surface area contributed by atoms with Gasteiger partial charge in [0.25, 0.3) is 11.6 Å². The average Bonchev–Trinajstić information content (AvgIpc) is 4.08. The largest absolute Gasteiger partial charge is 0.519 e. The summed E-state index contributed by atoms with van der Waals surface area (Å²) >= 11 is 0. The van der Waals surface area contributed by atoms with Crippen molar-refractivity contribution in [2.45, 2.75) is 141 Å². The van der Waals surface area contributed by atoms with Crippen molar-refractivity contribution >= 4 is 51.4 Å². The van der Waals surface area contributed by atoms with Gasteiger partial charge in [-0.05, 0) is 87.4 Å². The van der Waals surface area contributed by atoms with Gasteiger partial charge in [0.05, 0.1) is 52.8 Å². The van der Waals surface area contributed by atoms with E-state index in [1.54, 1.807) is 23.8 Å². The number of nitro benzene ring substituents is 1. The second-order valence-electron chi connectivity index (χ2n) is 19.8. The minimum Gasteiger partial charge on any atom is -0.395 e. The molecule has 0 aromatic heterocycles. The van der Waals surface area contributed by atoms with Gasteiger partial charge in [0.2, 0.25) is 33.7 Å². The summed E-state index contributed by atoms with van der Waals surface area (Å²) in [5.41, 5.74) is 0.267. The number of sulfonamides is 1. The Kier molecular flexibility index (Phi) is 21.5. The fraction of sp³-hybridized carbons (Fsp3) is 0.640. The monoisotopic (exact) mass is 1030 g/mol. The highest BCUT2D eigenvalue weighted by atomic mass is 32.2. The molecule has 400 valence electrons. The first-order valence-corrected chi connectivity index (χ1v) is 26.1. The van der Waals surface area contributed by atoms with E-state index >= 15 is 0 Å². The van der Waals surface area contributed by atoms with Gasteiger partial charge in [-0.3, -0.25) is 43.7 Å². The number of hydrogen-bond donors (Lipinski definition) is 3. The molecule has 0 unspecified atom stereocenters. The fourth-order valence-electron chi connectivity index (χ4n) is 9.38. The lowest BCUT2D eigenvalue weighted by atomic mass is 9.89. The molecule has 1 aliphatic carbocycles. The fourth-order valence-corrected chi connectivity index (χ4v) is 10.7. The predicted octanol–water partition coefficient (Wildman–Crippen LogP) is 4.46. The summed E-state index contributed by atoms with van der Waals surface area (Å²) in [5, 5.41) is 15.9. The van der Waals surface area contributed by atoms with Crippen molar-refractivity contribution in [1.82, 2.24) is 30.1 Å². The van der Waals surface area contributed by atoms with Crippen LogP contribution < -0.4 is 24.8 Å². The first-order chi connectivity index (χ1) is 33.8. The van der Waals surface area contributed by atoms with Gasteiger partial charge in [-0.1, -0.05) is 67.0 Å². The van der Waals surface area contributed by atoms with Crippen LogP contribution in [0.4, 0.5) is 10.5 Å². The summed E-state index contributed by atoms with van der Waals surface area (Å²) in [6.07, 6.45) is -0.467. The van der Waals surface area contributed by atoms with Crippen molar-refractivity contribution in [3.8, 4) is 11.5 Å². The Morgan fingerprint density at radius 3 is 1.88 bits per heavy atom. The minimum absolute atomic E-state index is 0.00807. The molecule has 22 heteroatoms. The van der Waals surface area contributed by atoms with Crippen LogP contribution in [0.25, 0.3) is 0 Å². The van der Waals surface area contributed by atoms with Crippen molar-refractivity contribution in [1.29, 1.82) is 0 Å². The highest BCUT2D eigenvalue weighted by Gasteiger charge is 2.44. The van der Waals surface area contributed by atoms with Gasteiger partial charge in [0.1, 0.15) is 23.6 Å². The van der Waals surface area contributed by atoms with E-state index in [4.69, 9.17) is 18.9 Å². The molecule has 4 rings (SSSR count). The van der Waals surface area contributed by atoms with Crippen LogP contribution >= 0.6 is 0 Å². The number of ether oxygens (including phenoxy) is 4. The molecular weight excluding hydrogens is 955 g/mol. The molecule has 5 amide bonds. The van der Waals surface area contributed by atoms with Crippen molar-refractivity contribution < 1.29 is 61.1 Å². The SMILES string of the molecule is CC[C@H](C)[C@@H]([C@@H](CC(=O)N1CCC[C@H]1[C@H](OC)[C@@H](C)C(=O)N[C@@H](Cc1ccc(OC(=O)Oc2ccc([N+](=O)[O-])cc2)cc1)C(=O)NS(=O)(=O)C1CC1)OC)N(C)C(=O)[C@@H](NC(=O)[C@H](C(C)C)N(C)C)C(C)C. The number of nitrogens with one attached hydrogen (secondary N) is 3. The van der Waals surface area contributed by atoms with E-state index in [0.29, 0.717) is 44.2 Å². The number of nitro groups is 1. The second-order valence-corrected chi connectivity index (χ2v) is 21.8. The smallest absolute Gasteiger partial charge is 0.395 e. The normalized spacial score (nSPS) is 18.3. The van der Waals surface area contributed by atoms with Gasteiger partial charge in [0, 0.05) is 46.4 Å². The Bertz CT molecular complexity index is 2300. The van der Waals surface area contributed by atoms with Crippen molar-refractivity contribution in [3.63, 3.8) is 0 Å². The Hall–Kier alpha value is -5.71. The number of likely N-dealkylation sites (tertiary alicyclic amines) is 1. The maximum absolute atomic E-state index is 14.5. The number of carbonyl (C=O) groups excluding carboxylic acids is 6. The van der Waals surface area contributed by atoms with E-state index in [-0.39, 0.29) is 65.5 Å². The molecule has 1 saturated heterocycles. The van der Waals surface area contributed by atoms with Crippen molar-refractivity contribution in [2.24, 2.45) is 23.7 Å². The van der Waals surface area contributed by atoms with Crippen LogP contribution in [0.15, 0.2) is 48.5 Å². The van der Waals surface area contributed by atoms with Gasteiger partial charge < -0.3 is 39.4 Å². The number of carbonyl (C=O) groups is 6. The molecule has 2 aromatic rings. The summed E-state index contributed by atoms with van der Waals surface area (Å²) in [6, 6.07) is 6.83. The molecule has 21 nitrogen and oxygen atoms in total. The summed E-state index contributed by atoms with van der Waals surface area (Å²) in [6.45, 7) is 13.6. The zero-order valence-electron chi connectivity index (χ0n) is 43.6. The third kappa shape index (κ3) is 15.6. The van der Waals surface area contributed by atoms with Crippen molar-refractivity contribution in [2.75, 3.05) is 41.9 Å². The molecule has 0 bridgehead atoms. The molecule has 0 radical (unpaired) electrons. The highest BCUT2D eigenvalue weighted by molar-refractivity contribution is 7.90. The summed E-state index contributed by atoms with van der Waals surface area (Å²) in [5.74, 6) is -3.71. The van der Waals surface area contributed by atoms with E-state index in [0.717, 1.165) is 12.1 Å². The summed E-state index contributed by atoms with van der Waals surface area (Å²) in [4.78, 5) is 98.1. The van der Waals surface area contributed by atoms with Crippen molar-refractivity contribution in [3.05, 3.63) is 64.2 Å². The second kappa shape index (κ2) is 26.3. The number of amides is 5. The van der Waals surface area contributed by atoms with Crippen LogP contribution in [-0.2, 0) is 49.9 Å². The average molecular weight is 1030 g/mol. The number of hydrogen-bond acceptors (Lipinski definition) is 15. The number of rotatable bonds is 26. The summed E-state index contributed by atoms with van der Waals surface area (Å²) < 4.78 is 50.3. The number of non-ortho nitro benzene ring substituents is 1. The predicted molar refractivity (Wildman–Crippen MR) is 267 cm³/mol. The molecule has 1 heterocycles. The minimum atomic E-state index is -4.02. The topological polar surface area (TPSA) is 262 Å². The van der Waals surface area contributed by atoms with Gasteiger partial charge in [-0.25, -0.2) is 13.2 Å². The van der Waals surface area contributed by atoms with E-state index in [9.17, 15) is 47.3 Å². The standard InChI is InChI=1S/C50H75N7O14S/c1-13-31(6)44(55(10)49(62)42(29(2)3)52-48(61)43(30(4)5)54(8)9)40(68-11)28-41(58)56-26-14-15-39(56)45(69-12)32(7)46(59)51-38(47(60)53-72(66,67)37-24-25-37)27-33-16-20-35(21-17-33)70-50(63)71-36-22-18-34(19-23-36)57(64)65/h16-23,29-32,37-40,42-45H,13-15,24-28H2,1-12H3,(H,51,59)(H,52,61)(H,53,60)/t31-,32+,38-,39-,40+,42-,43-,44-,45+/m0/s1. The zero-order chi connectivity index (χ0) is 53.8. The molecule has 1 saturated carbocycles. The summed E-state index contributed by atoms with van der Waals surface area (Å²) in [7, 11) is 4.23. The molecule has 2 fully saturated rings. The number of benzene rings is 2. The van der Waals surface area contributed by atoms with E-state index in [1.807, 2.05) is 60.5 Å². The maximum Gasteiger partial charge on any atom is 0.519 e. The van der Waals surface area contributed by atoms with E-state index < -0.39 is 86.5 Å². The van der Waals surface area contributed by atoms with Crippen LogP contribution in [0, 0.1) is 33.8 Å². The molecular formula is C50H75N7O14S. The third-order valence-corrected chi connectivity index (χ3v) is 15.4. The first-order valence-electron chi connectivity index (χ1n) is 24.5. The van der Waals surface area contributed by atoms with Crippen LogP contribution in [0.1, 0.15) is 92.6 Å². The van der Waals surface area contributed by atoms with Crippen LogP contribution in [0.2, 0.25) is 0 Å². The highest BCUT2D eigenvalue weighted by Crippen LogP contribution is 2.31.